The molecule has 3 aromatic carbocycles. The van der Waals surface area contributed by atoms with Crippen molar-refractivity contribution in [2.45, 2.75) is 25.2 Å². The average molecular weight is 367 g/mol. The second kappa shape index (κ2) is 8.13. The summed E-state index contributed by atoms with van der Waals surface area (Å²) in [5.41, 5.74) is 7.83. The van der Waals surface area contributed by atoms with Gasteiger partial charge in [0.15, 0.2) is 0 Å². The lowest BCUT2D eigenvalue weighted by atomic mass is 9.79. The second-order valence-electron chi connectivity index (χ2n) is 7.02. The van der Waals surface area contributed by atoms with Crippen LogP contribution in [-0.4, -0.2) is 5.91 Å². The van der Waals surface area contributed by atoms with E-state index in [1.807, 2.05) is 77.8 Å². The Balaban J connectivity index is 1.59. The number of nitrogens with one attached hydrogen (secondary N) is 1. The highest BCUT2D eigenvalue weighted by atomic mass is 16.2. The second-order valence-corrected chi connectivity index (χ2v) is 7.02. The van der Waals surface area contributed by atoms with Crippen molar-refractivity contribution >= 4 is 17.3 Å². The molecule has 4 rings (SSSR count). The summed E-state index contributed by atoms with van der Waals surface area (Å²) < 4.78 is 0. The van der Waals surface area contributed by atoms with E-state index in [0.29, 0.717) is 5.57 Å². The molecule has 1 amide bonds. The lowest BCUT2D eigenvalue weighted by Gasteiger charge is -2.30. The Labute approximate surface area is 166 Å². The lowest BCUT2D eigenvalue weighted by molar-refractivity contribution is -0.117. The van der Waals surface area contributed by atoms with Gasteiger partial charge in [-0.25, -0.2) is 0 Å². The van der Waals surface area contributed by atoms with Crippen LogP contribution in [-0.2, 0) is 11.2 Å². The van der Waals surface area contributed by atoms with E-state index in [1.165, 1.54) is 11.1 Å². The third kappa shape index (κ3) is 3.70. The Hall–Kier alpha value is -3.33. The summed E-state index contributed by atoms with van der Waals surface area (Å²) in [7, 11) is 0. The van der Waals surface area contributed by atoms with Gasteiger partial charge in [0, 0.05) is 11.5 Å². The summed E-state index contributed by atoms with van der Waals surface area (Å²) in [4.78, 5) is 13.1. The molecule has 1 N–H and O–H groups in total. The third-order valence-electron chi connectivity index (χ3n) is 5.23. The minimum Gasteiger partial charge on any atom is -0.268 e. The summed E-state index contributed by atoms with van der Waals surface area (Å²) in [6, 6.07) is 29.0. The molecule has 1 aliphatic rings. The van der Waals surface area contributed by atoms with Crippen LogP contribution in [0, 0.1) is 6.07 Å². The van der Waals surface area contributed by atoms with Crippen LogP contribution in [0.25, 0.3) is 0 Å². The number of benzene rings is 3. The van der Waals surface area contributed by atoms with Gasteiger partial charge in [-0.2, -0.15) is 0 Å². The first-order valence-corrected chi connectivity index (χ1v) is 9.63. The van der Waals surface area contributed by atoms with Crippen molar-refractivity contribution in [3.63, 3.8) is 0 Å². The summed E-state index contributed by atoms with van der Waals surface area (Å²) in [5.74, 6) is -0.121. The number of hydrogen-bond donors (Lipinski definition) is 1. The van der Waals surface area contributed by atoms with Crippen LogP contribution in [0.3, 0.4) is 0 Å². The monoisotopic (exact) mass is 367 g/mol. The van der Waals surface area contributed by atoms with Crippen LogP contribution in [0.1, 0.15) is 29.9 Å². The number of aryl methyl sites for hydroxylation is 1. The number of nitrogens with zero attached hydrogens (tertiary/aromatic N) is 1. The van der Waals surface area contributed by atoms with Crippen molar-refractivity contribution in [2.75, 3.05) is 5.01 Å². The van der Waals surface area contributed by atoms with E-state index in [-0.39, 0.29) is 11.8 Å². The number of carbonyl (C=O) groups is 1. The molecule has 0 spiro atoms. The average Bonchev–Trinajstić information content (AvgIpc) is 2.77. The Morgan fingerprint density at radius 3 is 2.25 bits per heavy atom. The van der Waals surface area contributed by atoms with Crippen LogP contribution >= 0.6 is 0 Å². The van der Waals surface area contributed by atoms with Gasteiger partial charge < -0.3 is 0 Å². The number of hydrazine groups is 1. The van der Waals surface area contributed by atoms with Gasteiger partial charge in [0.25, 0.3) is 5.91 Å². The Kier molecular flexibility index (Phi) is 5.24. The standard InChI is InChI=1S/C25H23N2O/c1-19(23-18-10-12-20-11-8-9-17-24(20)23)25(28)26-27(21-13-4-2-5-14-21)22-15-6-3-7-16-22/h2-9,13-17,23H,1,10,12,18H2,(H,26,28). The number of fused-ring (bicyclic) bond motifs is 1. The van der Waals surface area contributed by atoms with Crippen molar-refractivity contribution in [2.24, 2.45) is 0 Å². The molecule has 1 atom stereocenters. The molecule has 28 heavy (non-hydrogen) atoms. The predicted octanol–water partition coefficient (Wildman–Crippen LogP) is 5.33. The molecular formula is C25H23N2O. The van der Waals surface area contributed by atoms with E-state index in [1.54, 1.807) is 0 Å². The predicted molar refractivity (Wildman–Crippen MR) is 113 cm³/mol. The summed E-state index contributed by atoms with van der Waals surface area (Å²) in [5, 5.41) is 1.81. The fourth-order valence-corrected chi connectivity index (χ4v) is 3.79. The molecule has 1 aliphatic carbocycles. The zero-order valence-corrected chi connectivity index (χ0v) is 15.8. The molecule has 0 saturated carbocycles. The first-order valence-electron chi connectivity index (χ1n) is 9.63. The molecule has 1 radical (unpaired) electrons. The van der Waals surface area contributed by atoms with Gasteiger partial charge >= 0.3 is 0 Å². The molecule has 0 fully saturated rings. The number of rotatable bonds is 5. The Bertz CT molecular complexity index is 927. The maximum Gasteiger partial charge on any atom is 0.266 e. The molecule has 139 valence electrons. The molecule has 1 unspecified atom stereocenters. The van der Waals surface area contributed by atoms with Gasteiger partial charge in [0.2, 0.25) is 0 Å². The maximum atomic E-state index is 13.1. The Morgan fingerprint density at radius 1 is 0.964 bits per heavy atom. The third-order valence-corrected chi connectivity index (χ3v) is 5.23. The number of para-hydroxylation sites is 2. The smallest absolute Gasteiger partial charge is 0.266 e. The zero-order valence-electron chi connectivity index (χ0n) is 15.8. The first-order chi connectivity index (χ1) is 13.7. The van der Waals surface area contributed by atoms with E-state index in [4.69, 9.17) is 0 Å². The number of carbonyl (C=O) groups excluding carboxylic acids is 1. The molecule has 0 heterocycles. The largest absolute Gasteiger partial charge is 0.268 e. The molecule has 0 saturated heterocycles. The van der Waals surface area contributed by atoms with Crippen molar-refractivity contribution in [1.29, 1.82) is 0 Å². The van der Waals surface area contributed by atoms with E-state index in [2.05, 4.69) is 24.1 Å². The fraction of sp³-hybridized carbons (Fsp3) is 0.160. The van der Waals surface area contributed by atoms with E-state index in [0.717, 1.165) is 30.6 Å². The number of anilines is 2. The molecule has 0 aliphatic heterocycles. The molecule has 3 heteroatoms. The van der Waals surface area contributed by atoms with E-state index in [9.17, 15) is 4.79 Å². The first kappa shape index (κ1) is 18.1. The van der Waals surface area contributed by atoms with Crippen LogP contribution in [0.5, 0.6) is 0 Å². The summed E-state index contributed by atoms with van der Waals surface area (Å²) in [6.07, 6.45) is 3.00. The van der Waals surface area contributed by atoms with Crippen molar-refractivity contribution in [1.82, 2.24) is 5.43 Å². The summed E-state index contributed by atoms with van der Waals surface area (Å²) >= 11 is 0. The minimum absolute atomic E-state index is 0.0367. The van der Waals surface area contributed by atoms with E-state index < -0.39 is 0 Å². The highest BCUT2D eigenvalue weighted by Gasteiger charge is 2.27. The summed E-state index contributed by atoms with van der Waals surface area (Å²) in [6.45, 7) is 4.16. The van der Waals surface area contributed by atoms with Crippen molar-refractivity contribution in [3.05, 3.63) is 108 Å². The quantitative estimate of drug-likeness (QED) is 0.488. The highest BCUT2D eigenvalue weighted by Crippen LogP contribution is 2.36. The normalized spacial score (nSPS) is 15.4. The van der Waals surface area contributed by atoms with Crippen LogP contribution in [0.2, 0.25) is 0 Å². The van der Waals surface area contributed by atoms with Crippen molar-refractivity contribution in [3.8, 4) is 0 Å². The molecule has 3 aromatic rings. The van der Waals surface area contributed by atoms with Crippen molar-refractivity contribution < 1.29 is 4.79 Å². The number of amides is 1. The molecular weight excluding hydrogens is 344 g/mol. The molecule has 3 nitrogen and oxygen atoms in total. The topological polar surface area (TPSA) is 32.3 Å². The molecule has 0 aromatic heterocycles. The SMILES string of the molecule is C=C(C(=O)NN(c1ccccc1)c1ccccc1)C1CCCc2[c]cccc21. The fourth-order valence-electron chi connectivity index (χ4n) is 3.79. The lowest BCUT2D eigenvalue weighted by Crippen LogP contribution is -2.40. The zero-order chi connectivity index (χ0) is 19.3. The van der Waals surface area contributed by atoms with Gasteiger partial charge in [0.1, 0.15) is 0 Å². The van der Waals surface area contributed by atoms with Gasteiger partial charge in [-0.3, -0.25) is 15.2 Å². The van der Waals surface area contributed by atoms with Crippen LogP contribution < -0.4 is 10.4 Å². The van der Waals surface area contributed by atoms with Gasteiger partial charge in [0.05, 0.1) is 11.4 Å². The van der Waals surface area contributed by atoms with E-state index >= 15 is 0 Å². The maximum absolute atomic E-state index is 13.1. The van der Waals surface area contributed by atoms with Gasteiger partial charge in [-0.05, 0) is 60.7 Å². The highest BCUT2D eigenvalue weighted by molar-refractivity contribution is 5.96. The molecule has 0 bridgehead atoms. The minimum atomic E-state index is -0.158. The number of hydrogen-bond acceptors (Lipinski definition) is 2. The van der Waals surface area contributed by atoms with Crippen LogP contribution in [0.4, 0.5) is 11.4 Å². The Morgan fingerprint density at radius 2 is 1.61 bits per heavy atom. The van der Waals surface area contributed by atoms with Crippen LogP contribution in [0.15, 0.2) is 91.0 Å². The van der Waals surface area contributed by atoms with Gasteiger partial charge in [-0.1, -0.05) is 61.2 Å². The van der Waals surface area contributed by atoms with Gasteiger partial charge in [-0.15, -0.1) is 0 Å².